The highest BCUT2D eigenvalue weighted by Gasteiger charge is 2.12. The molecule has 0 radical (unpaired) electrons. The Morgan fingerprint density at radius 1 is 1.16 bits per heavy atom. The summed E-state index contributed by atoms with van der Waals surface area (Å²) in [6, 6.07) is 8.26. The molecule has 2 aromatic rings. The van der Waals surface area contributed by atoms with Crippen LogP contribution >= 0.6 is 46.4 Å². The standard InChI is InChI=1S/C16H12Cl4N2O3/c1-24-16(23)22-21-7-9-5-10(17)6-14(20)15(9)25-8-11-12(18)3-2-4-13(11)19/h2-7H,8H2,1H3,(H,22,23)/b21-7-. The van der Waals surface area contributed by atoms with Gasteiger partial charge in [0.1, 0.15) is 12.4 Å². The van der Waals surface area contributed by atoms with Gasteiger partial charge in [-0.15, -0.1) is 0 Å². The summed E-state index contributed by atoms with van der Waals surface area (Å²) in [6.07, 6.45) is 0.618. The zero-order chi connectivity index (χ0) is 18.4. The number of hydrazone groups is 1. The second-order valence-corrected chi connectivity index (χ2v) is 6.31. The molecule has 5 nitrogen and oxygen atoms in total. The minimum absolute atomic E-state index is 0.0884. The van der Waals surface area contributed by atoms with Crippen LogP contribution < -0.4 is 10.2 Å². The molecule has 0 spiro atoms. The number of methoxy groups -OCH3 is 1. The number of rotatable bonds is 5. The summed E-state index contributed by atoms with van der Waals surface area (Å²) in [5, 5.41) is 5.35. The molecule has 0 aliphatic rings. The largest absolute Gasteiger partial charge is 0.487 e. The van der Waals surface area contributed by atoms with Gasteiger partial charge in [-0.05, 0) is 24.3 Å². The molecule has 0 atom stereocenters. The smallest absolute Gasteiger partial charge is 0.427 e. The molecule has 1 amide bonds. The number of hydrogen-bond donors (Lipinski definition) is 1. The molecular formula is C16H12Cl4N2O3. The molecule has 0 unspecified atom stereocenters. The lowest BCUT2D eigenvalue weighted by Crippen LogP contribution is -2.16. The van der Waals surface area contributed by atoms with E-state index in [1.165, 1.54) is 19.4 Å². The van der Waals surface area contributed by atoms with E-state index in [9.17, 15) is 4.79 Å². The first-order valence-electron chi connectivity index (χ1n) is 6.84. The molecule has 0 aliphatic heterocycles. The normalized spacial score (nSPS) is 10.8. The molecule has 25 heavy (non-hydrogen) atoms. The predicted molar refractivity (Wildman–Crippen MR) is 100 cm³/mol. The molecule has 0 bridgehead atoms. The van der Waals surface area contributed by atoms with Gasteiger partial charge in [-0.1, -0.05) is 52.5 Å². The molecule has 2 rings (SSSR count). The lowest BCUT2D eigenvalue weighted by atomic mass is 10.2. The summed E-state index contributed by atoms with van der Waals surface area (Å²) in [7, 11) is 1.23. The minimum atomic E-state index is -0.713. The molecule has 0 fully saturated rings. The van der Waals surface area contributed by atoms with Crippen LogP contribution in [0.4, 0.5) is 4.79 Å². The third-order valence-electron chi connectivity index (χ3n) is 3.00. The predicted octanol–water partition coefficient (Wildman–Crippen LogP) is 5.57. The van der Waals surface area contributed by atoms with E-state index >= 15 is 0 Å². The van der Waals surface area contributed by atoms with Gasteiger partial charge in [-0.3, -0.25) is 0 Å². The van der Waals surface area contributed by atoms with E-state index in [-0.39, 0.29) is 11.6 Å². The van der Waals surface area contributed by atoms with Crippen molar-refractivity contribution in [3.63, 3.8) is 0 Å². The van der Waals surface area contributed by atoms with Crippen LogP contribution in [0.5, 0.6) is 5.75 Å². The highest BCUT2D eigenvalue weighted by atomic mass is 35.5. The van der Waals surface area contributed by atoms with Crippen LogP contribution in [0.1, 0.15) is 11.1 Å². The van der Waals surface area contributed by atoms with Crippen LogP contribution in [0.2, 0.25) is 20.1 Å². The molecule has 0 aromatic heterocycles. The van der Waals surface area contributed by atoms with E-state index in [1.807, 2.05) is 0 Å². The van der Waals surface area contributed by atoms with Gasteiger partial charge in [0.15, 0.2) is 0 Å². The third kappa shape index (κ3) is 5.41. The van der Waals surface area contributed by atoms with E-state index in [4.69, 9.17) is 51.1 Å². The molecule has 0 saturated carbocycles. The highest BCUT2D eigenvalue weighted by molar-refractivity contribution is 6.36. The number of halogens is 4. The number of benzene rings is 2. The Morgan fingerprint density at radius 2 is 1.84 bits per heavy atom. The van der Waals surface area contributed by atoms with E-state index in [0.29, 0.717) is 31.9 Å². The number of carbonyl (C=O) groups is 1. The Balaban J connectivity index is 2.26. The maximum Gasteiger partial charge on any atom is 0.427 e. The Morgan fingerprint density at radius 3 is 2.48 bits per heavy atom. The van der Waals surface area contributed by atoms with Gasteiger partial charge in [0, 0.05) is 26.2 Å². The average Bonchev–Trinajstić information content (AvgIpc) is 2.55. The molecule has 0 heterocycles. The van der Waals surface area contributed by atoms with Crippen molar-refractivity contribution >= 4 is 58.7 Å². The van der Waals surface area contributed by atoms with Crippen LogP contribution in [0, 0.1) is 0 Å². The van der Waals surface area contributed by atoms with Crippen molar-refractivity contribution < 1.29 is 14.3 Å². The Kier molecular flexibility index (Phi) is 7.20. The van der Waals surface area contributed by atoms with Gasteiger partial charge in [0.05, 0.1) is 18.3 Å². The zero-order valence-electron chi connectivity index (χ0n) is 12.9. The second kappa shape index (κ2) is 9.15. The molecule has 0 aliphatic carbocycles. The molecule has 2 aromatic carbocycles. The van der Waals surface area contributed by atoms with Crippen LogP contribution in [-0.2, 0) is 11.3 Å². The SMILES string of the molecule is COC(=O)N/N=C\c1cc(Cl)cc(Cl)c1OCc1c(Cl)cccc1Cl. The first-order chi connectivity index (χ1) is 11.9. The van der Waals surface area contributed by atoms with Gasteiger partial charge in [-0.25, -0.2) is 10.2 Å². The molecular weight excluding hydrogens is 410 g/mol. The Hall–Kier alpha value is -1.66. The fourth-order valence-electron chi connectivity index (χ4n) is 1.84. The lowest BCUT2D eigenvalue weighted by Gasteiger charge is -2.13. The summed E-state index contributed by atoms with van der Waals surface area (Å²) < 4.78 is 10.2. The highest BCUT2D eigenvalue weighted by Crippen LogP contribution is 2.33. The van der Waals surface area contributed by atoms with Gasteiger partial charge in [-0.2, -0.15) is 5.10 Å². The van der Waals surface area contributed by atoms with Crippen molar-refractivity contribution in [3.8, 4) is 5.75 Å². The molecule has 9 heteroatoms. The lowest BCUT2D eigenvalue weighted by molar-refractivity contribution is 0.171. The van der Waals surface area contributed by atoms with Gasteiger partial charge in [0.2, 0.25) is 0 Å². The van der Waals surface area contributed by atoms with Crippen LogP contribution in [0.3, 0.4) is 0 Å². The molecule has 1 N–H and O–H groups in total. The van der Waals surface area contributed by atoms with Crippen LogP contribution in [0.15, 0.2) is 35.4 Å². The van der Waals surface area contributed by atoms with Crippen molar-refractivity contribution in [1.29, 1.82) is 0 Å². The molecule has 0 saturated heterocycles. The number of amides is 1. The van der Waals surface area contributed by atoms with Crippen LogP contribution in [-0.4, -0.2) is 19.4 Å². The quantitative estimate of drug-likeness (QED) is 0.507. The van der Waals surface area contributed by atoms with Crippen molar-refractivity contribution in [2.75, 3.05) is 7.11 Å². The third-order valence-corrected chi connectivity index (χ3v) is 4.21. The monoisotopic (exact) mass is 420 g/mol. The maximum atomic E-state index is 11.0. The topological polar surface area (TPSA) is 59.9 Å². The van der Waals surface area contributed by atoms with E-state index in [2.05, 4.69) is 15.3 Å². The van der Waals surface area contributed by atoms with Crippen molar-refractivity contribution in [1.82, 2.24) is 5.43 Å². The Labute approximate surface area is 164 Å². The summed E-state index contributed by atoms with van der Waals surface area (Å²) in [6.45, 7) is 0.0884. The zero-order valence-corrected chi connectivity index (χ0v) is 15.9. The fraction of sp³-hybridized carbons (Fsp3) is 0.125. The molecule has 132 valence electrons. The van der Waals surface area contributed by atoms with Crippen LogP contribution in [0.25, 0.3) is 0 Å². The number of hydrogen-bond acceptors (Lipinski definition) is 4. The average molecular weight is 422 g/mol. The Bertz CT molecular complexity index is 792. The van der Waals surface area contributed by atoms with E-state index in [0.717, 1.165) is 0 Å². The van der Waals surface area contributed by atoms with Gasteiger partial charge in [0.25, 0.3) is 0 Å². The first kappa shape index (κ1) is 19.7. The maximum absolute atomic E-state index is 11.0. The summed E-state index contributed by atoms with van der Waals surface area (Å²) in [4.78, 5) is 11.0. The first-order valence-corrected chi connectivity index (χ1v) is 8.35. The number of carbonyl (C=O) groups excluding carboxylic acids is 1. The van der Waals surface area contributed by atoms with Crippen molar-refractivity contribution in [3.05, 3.63) is 61.5 Å². The van der Waals surface area contributed by atoms with Crippen molar-refractivity contribution in [2.24, 2.45) is 5.10 Å². The minimum Gasteiger partial charge on any atom is -0.487 e. The summed E-state index contributed by atoms with van der Waals surface area (Å²) in [5.74, 6) is 0.317. The van der Waals surface area contributed by atoms with Crippen molar-refractivity contribution in [2.45, 2.75) is 6.61 Å². The van der Waals surface area contributed by atoms with E-state index in [1.54, 1.807) is 24.3 Å². The van der Waals surface area contributed by atoms with Gasteiger partial charge < -0.3 is 9.47 Å². The number of nitrogens with one attached hydrogen (secondary N) is 1. The second-order valence-electron chi connectivity index (χ2n) is 4.66. The number of ether oxygens (including phenoxy) is 2. The van der Waals surface area contributed by atoms with E-state index < -0.39 is 6.09 Å². The van der Waals surface area contributed by atoms with Gasteiger partial charge >= 0.3 is 6.09 Å². The summed E-state index contributed by atoms with van der Waals surface area (Å²) >= 11 is 24.5. The summed E-state index contributed by atoms with van der Waals surface area (Å²) in [5.41, 5.74) is 3.24. The fourth-order valence-corrected chi connectivity index (χ4v) is 2.91. The number of nitrogens with zero attached hydrogens (tertiary/aromatic N) is 1.